The molecular formula is C20H17N7. The van der Waals surface area contributed by atoms with Crippen molar-refractivity contribution >= 4 is 22.7 Å². The van der Waals surface area contributed by atoms with Gasteiger partial charge in [-0.15, -0.1) is 0 Å². The van der Waals surface area contributed by atoms with Crippen LogP contribution in [0, 0.1) is 18.3 Å². The van der Waals surface area contributed by atoms with Gasteiger partial charge in [-0.3, -0.25) is 0 Å². The van der Waals surface area contributed by atoms with Crippen LogP contribution in [0.5, 0.6) is 0 Å². The second kappa shape index (κ2) is 6.42. The number of nitriles is 1. The molecule has 2 heterocycles. The van der Waals surface area contributed by atoms with Gasteiger partial charge in [0.15, 0.2) is 5.65 Å². The molecule has 7 heteroatoms. The highest BCUT2D eigenvalue weighted by Crippen LogP contribution is 2.30. The van der Waals surface area contributed by atoms with Gasteiger partial charge in [-0.2, -0.15) is 15.3 Å². The molecule has 0 saturated heterocycles. The normalized spacial score (nSPS) is 10.8. The van der Waals surface area contributed by atoms with Crippen LogP contribution in [0.1, 0.15) is 16.7 Å². The van der Waals surface area contributed by atoms with Crippen molar-refractivity contribution in [2.45, 2.75) is 13.5 Å². The van der Waals surface area contributed by atoms with Crippen LogP contribution >= 0.6 is 0 Å². The molecular weight excluding hydrogens is 338 g/mol. The standard InChI is InChI=1S/C20H17N7/c1-12-14(9-21)3-2-4-16(12)18-17-10-24-27(19(17)26-20(23)25-18)11-13-5-7-15(22)8-6-13/h2-8,10H,11,22H2,1H3,(H2,23,25,26). The molecule has 0 aliphatic rings. The smallest absolute Gasteiger partial charge is 0.222 e. The topological polar surface area (TPSA) is 119 Å². The summed E-state index contributed by atoms with van der Waals surface area (Å²) < 4.78 is 1.78. The van der Waals surface area contributed by atoms with E-state index in [-0.39, 0.29) is 5.95 Å². The maximum absolute atomic E-state index is 9.31. The van der Waals surface area contributed by atoms with E-state index in [4.69, 9.17) is 11.5 Å². The summed E-state index contributed by atoms with van der Waals surface area (Å²) in [6.45, 7) is 2.44. The van der Waals surface area contributed by atoms with Gasteiger partial charge in [0.25, 0.3) is 0 Å². The number of anilines is 2. The predicted octanol–water partition coefficient (Wildman–Crippen LogP) is 2.89. The first-order valence-corrected chi connectivity index (χ1v) is 8.40. The number of rotatable bonds is 3. The van der Waals surface area contributed by atoms with Crippen molar-refractivity contribution in [2.24, 2.45) is 0 Å². The van der Waals surface area contributed by atoms with Crippen LogP contribution in [0.25, 0.3) is 22.3 Å². The Morgan fingerprint density at radius 3 is 2.59 bits per heavy atom. The third-order valence-electron chi connectivity index (χ3n) is 4.53. The molecule has 4 N–H and O–H groups in total. The Hall–Kier alpha value is -3.92. The highest BCUT2D eigenvalue weighted by molar-refractivity contribution is 5.92. The molecule has 0 unspecified atom stereocenters. The minimum atomic E-state index is 0.165. The van der Waals surface area contributed by atoms with Gasteiger partial charge in [0.05, 0.1) is 35.5 Å². The molecule has 0 bridgehead atoms. The molecule has 0 aliphatic carbocycles. The Morgan fingerprint density at radius 1 is 1.07 bits per heavy atom. The molecule has 0 amide bonds. The van der Waals surface area contributed by atoms with Gasteiger partial charge in [0.1, 0.15) is 0 Å². The maximum atomic E-state index is 9.31. The van der Waals surface area contributed by atoms with Gasteiger partial charge in [0.2, 0.25) is 5.95 Å². The summed E-state index contributed by atoms with van der Waals surface area (Å²) in [6, 6.07) is 15.4. The van der Waals surface area contributed by atoms with E-state index in [1.807, 2.05) is 43.3 Å². The third kappa shape index (κ3) is 2.93. The summed E-state index contributed by atoms with van der Waals surface area (Å²) in [4.78, 5) is 8.81. The molecule has 4 aromatic rings. The van der Waals surface area contributed by atoms with Crippen LogP contribution in [-0.4, -0.2) is 19.7 Å². The molecule has 4 rings (SSSR count). The van der Waals surface area contributed by atoms with Crippen LogP contribution in [0.4, 0.5) is 11.6 Å². The van der Waals surface area contributed by atoms with Crippen LogP contribution in [0.2, 0.25) is 0 Å². The summed E-state index contributed by atoms with van der Waals surface area (Å²) >= 11 is 0. The monoisotopic (exact) mass is 355 g/mol. The average molecular weight is 355 g/mol. The lowest BCUT2D eigenvalue weighted by atomic mass is 9.99. The highest BCUT2D eigenvalue weighted by atomic mass is 15.3. The van der Waals surface area contributed by atoms with Crippen molar-refractivity contribution in [3.63, 3.8) is 0 Å². The number of nitrogen functional groups attached to an aromatic ring is 2. The Balaban J connectivity index is 1.86. The fourth-order valence-corrected chi connectivity index (χ4v) is 3.10. The minimum Gasteiger partial charge on any atom is -0.399 e. The fourth-order valence-electron chi connectivity index (χ4n) is 3.10. The molecule has 27 heavy (non-hydrogen) atoms. The summed E-state index contributed by atoms with van der Waals surface area (Å²) in [7, 11) is 0. The maximum Gasteiger partial charge on any atom is 0.222 e. The van der Waals surface area contributed by atoms with Gasteiger partial charge in [-0.1, -0.05) is 24.3 Å². The lowest BCUT2D eigenvalue weighted by Gasteiger charge is -2.09. The molecule has 2 aromatic heterocycles. The number of aromatic nitrogens is 4. The largest absolute Gasteiger partial charge is 0.399 e. The molecule has 0 radical (unpaired) electrons. The Bertz CT molecular complexity index is 1180. The quantitative estimate of drug-likeness (QED) is 0.545. The number of hydrogen-bond donors (Lipinski definition) is 2. The zero-order valence-corrected chi connectivity index (χ0v) is 14.7. The van der Waals surface area contributed by atoms with Crippen LogP contribution in [0.3, 0.4) is 0 Å². The third-order valence-corrected chi connectivity index (χ3v) is 4.53. The molecule has 0 saturated carbocycles. The highest BCUT2D eigenvalue weighted by Gasteiger charge is 2.16. The Morgan fingerprint density at radius 2 is 1.85 bits per heavy atom. The average Bonchev–Trinajstić information content (AvgIpc) is 3.06. The van der Waals surface area contributed by atoms with E-state index in [1.54, 1.807) is 16.9 Å². The van der Waals surface area contributed by atoms with Gasteiger partial charge in [-0.25, -0.2) is 9.67 Å². The van der Waals surface area contributed by atoms with Crippen molar-refractivity contribution in [1.82, 2.24) is 19.7 Å². The first-order chi connectivity index (χ1) is 13.1. The Labute approximate surface area is 155 Å². The van der Waals surface area contributed by atoms with Crippen molar-refractivity contribution < 1.29 is 0 Å². The zero-order valence-electron chi connectivity index (χ0n) is 14.7. The van der Waals surface area contributed by atoms with Gasteiger partial charge in [-0.05, 0) is 36.2 Å². The van der Waals surface area contributed by atoms with Crippen molar-refractivity contribution in [3.8, 4) is 17.3 Å². The zero-order chi connectivity index (χ0) is 19.0. The predicted molar refractivity (Wildman–Crippen MR) is 105 cm³/mol. The van der Waals surface area contributed by atoms with E-state index < -0.39 is 0 Å². The SMILES string of the molecule is Cc1c(C#N)cccc1-c1nc(N)nc2c1cnn2Cc1ccc(N)cc1. The molecule has 0 aliphatic heterocycles. The number of benzene rings is 2. The van der Waals surface area contributed by atoms with Crippen LogP contribution in [-0.2, 0) is 6.54 Å². The number of fused-ring (bicyclic) bond motifs is 1. The lowest BCUT2D eigenvalue weighted by molar-refractivity contribution is 0.704. The minimum absolute atomic E-state index is 0.165. The van der Waals surface area contributed by atoms with E-state index in [9.17, 15) is 5.26 Å². The van der Waals surface area contributed by atoms with E-state index in [0.717, 1.165) is 22.1 Å². The van der Waals surface area contributed by atoms with Crippen molar-refractivity contribution in [3.05, 3.63) is 65.4 Å². The first-order valence-electron chi connectivity index (χ1n) is 8.40. The second-order valence-corrected chi connectivity index (χ2v) is 6.30. The van der Waals surface area contributed by atoms with E-state index >= 15 is 0 Å². The summed E-state index contributed by atoms with van der Waals surface area (Å²) in [5.41, 5.74) is 17.1. The van der Waals surface area contributed by atoms with Crippen LogP contribution < -0.4 is 11.5 Å². The molecule has 0 spiro atoms. The Kier molecular flexibility index (Phi) is 3.94. The molecule has 7 nitrogen and oxygen atoms in total. The molecule has 2 aromatic carbocycles. The van der Waals surface area contributed by atoms with E-state index in [2.05, 4.69) is 21.1 Å². The number of nitrogens with zero attached hydrogens (tertiary/aromatic N) is 5. The van der Waals surface area contributed by atoms with Gasteiger partial charge >= 0.3 is 0 Å². The molecule has 132 valence electrons. The van der Waals surface area contributed by atoms with E-state index in [0.29, 0.717) is 29.1 Å². The van der Waals surface area contributed by atoms with Crippen LogP contribution in [0.15, 0.2) is 48.7 Å². The fraction of sp³-hybridized carbons (Fsp3) is 0.100. The summed E-state index contributed by atoms with van der Waals surface area (Å²) in [6.07, 6.45) is 1.74. The first kappa shape index (κ1) is 16.5. The van der Waals surface area contributed by atoms with Gasteiger partial charge in [0, 0.05) is 11.3 Å². The van der Waals surface area contributed by atoms with Gasteiger partial charge < -0.3 is 11.5 Å². The summed E-state index contributed by atoms with van der Waals surface area (Å²) in [5, 5.41) is 14.6. The summed E-state index contributed by atoms with van der Waals surface area (Å²) in [5.74, 6) is 0.165. The van der Waals surface area contributed by atoms with Crippen molar-refractivity contribution in [2.75, 3.05) is 11.5 Å². The second-order valence-electron chi connectivity index (χ2n) is 6.30. The molecule has 0 atom stereocenters. The number of nitrogens with two attached hydrogens (primary N) is 2. The lowest BCUT2D eigenvalue weighted by Crippen LogP contribution is -2.05. The number of hydrogen-bond acceptors (Lipinski definition) is 6. The molecule has 0 fully saturated rings. The van der Waals surface area contributed by atoms with E-state index in [1.165, 1.54) is 0 Å². The van der Waals surface area contributed by atoms with Crippen molar-refractivity contribution in [1.29, 1.82) is 5.26 Å².